The first-order valence-electron chi connectivity index (χ1n) is 7.78. The number of aryl methyl sites for hydroxylation is 1. The fourth-order valence-corrected chi connectivity index (χ4v) is 3.40. The lowest BCUT2D eigenvalue weighted by molar-refractivity contribution is -0.113. The second-order valence-electron chi connectivity index (χ2n) is 5.62. The van der Waals surface area contributed by atoms with Crippen molar-refractivity contribution in [2.75, 3.05) is 11.9 Å². The van der Waals surface area contributed by atoms with Crippen LogP contribution in [-0.4, -0.2) is 27.7 Å². The number of likely N-dealkylation sites (N-methyl/N-ethyl adjacent to an activating group) is 1. The summed E-state index contributed by atoms with van der Waals surface area (Å²) >= 11 is 13.8. The molecular weight excluding hydrogens is 391 g/mol. The van der Waals surface area contributed by atoms with E-state index in [4.69, 9.17) is 23.2 Å². The summed E-state index contributed by atoms with van der Waals surface area (Å²) in [4.78, 5) is 17.9. The molecule has 1 amide bonds. The number of amides is 1. The Hall–Kier alpha value is -2.15. The van der Waals surface area contributed by atoms with Gasteiger partial charge in [0.25, 0.3) is 5.91 Å². The van der Waals surface area contributed by atoms with Crippen LogP contribution in [0.5, 0.6) is 0 Å². The molecule has 0 bridgehead atoms. The van der Waals surface area contributed by atoms with Gasteiger partial charge in [0.1, 0.15) is 5.15 Å². The van der Waals surface area contributed by atoms with Gasteiger partial charge in [-0.2, -0.15) is 5.10 Å². The van der Waals surface area contributed by atoms with Crippen LogP contribution >= 0.6 is 34.5 Å². The number of aromatic nitrogens is 3. The fourth-order valence-electron chi connectivity index (χ4n) is 2.37. The number of carbonyl (C=O) groups excluding carboxylic acids is 1. The van der Waals surface area contributed by atoms with Crippen LogP contribution in [0.1, 0.15) is 16.8 Å². The average molecular weight is 407 g/mol. The summed E-state index contributed by atoms with van der Waals surface area (Å²) in [5, 5.41) is 8.10. The van der Waals surface area contributed by atoms with E-state index in [0.29, 0.717) is 21.9 Å². The zero-order valence-corrected chi connectivity index (χ0v) is 16.5. The molecule has 8 heteroatoms. The SMILES string of the molecule is Cc1nn(Cc2ccc(Cl)cc2)c(Cl)c1/C=C/C(=O)N(C)c1nccs1. The van der Waals surface area contributed by atoms with Crippen molar-refractivity contribution in [1.82, 2.24) is 14.8 Å². The van der Waals surface area contributed by atoms with Crippen LogP contribution < -0.4 is 4.90 Å². The lowest BCUT2D eigenvalue weighted by Gasteiger charge is -2.10. The van der Waals surface area contributed by atoms with Crippen LogP contribution in [0.4, 0.5) is 5.13 Å². The maximum atomic E-state index is 12.3. The molecule has 0 saturated heterocycles. The van der Waals surface area contributed by atoms with Crippen molar-refractivity contribution in [3.63, 3.8) is 0 Å². The first-order valence-corrected chi connectivity index (χ1v) is 9.42. The van der Waals surface area contributed by atoms with Crippen molar-refractivity contribution in [2.45, 2.75) is 13.5 Å². The summed E-state index contributed by atoms with van der Waals surface area (Å²) < 4.78 is 1.70. The van der Waals surface area contributed by atoms with E-state index in [-0.39, 0.29) is 5.91 Å². The van der Waals surface area contributed by atoms with Gasteiger partial charge in [0, 0.05) is 35.3 Å². The number of thiazole rings is 1. The maximum absolute atomic E-state index is 12.3. The van der Waals surface area contributed by atoms with E-state index in [0.717, 1.165) is 16.8 Å². The first kappa shape index (κ1) is 18.6. The topological polar surface area (TPSA) is 51.0 Å². The molecule has 0 saturated carbocycles. The van der Waals surface area contributed by atoms with Crippen molar-refractivity contribution >= 4 is 51.7 Å². The highest BCUT2D eigenvalue weighted by Gasteiger charge is 2.14. The summed E-state index contributed by atoms with van der Waals surface area (Å²) in [6.45, 7) is 2.39. The van der Waals surface area contributed by atoms with Crippen molar-refractivity contribution in [2.24, 2.45) is 0 Å². The van der Waals surface area contributed by atoms with Crippen LogP contribution in [0.25, 0.3) is 6.08 Å². The van der Waals surface area contributed by atoms with E-state index >= 15 is 0 Å². The molecule has 26 heavy (non-hydrogen) atoms. The number of halogens is 2. The van der Waals surface area contributed by atoms with Gasteiger partial charge in [0.15, 0.2) is 5.13 Å². The van der Waals surface area contributed by atoms with Crippen molar-refractivity contribution in [3.8, 4) is 0 Å². The summed E-state index contributed by atoms with van der Waals surface area (Å²) in [7, 11) is 1.68. The van der Waals surface area contributed by atoms with Gasteiger partial charge >= 0.3 is 0 Å². The van der Waals surface area contributed by atoms with Crippen LogP contribution in [0, 0.1) is 6.92 Å². The average Bonchev–Trinajstić information content (AvgIpc) is 3.24. The lowest BCUT2D eigenvalue weighted by Crippen LogP contribution is -2.23. The molecule has 5 nitrogen and oxygen atoms in total. The Bertz CT molecular complexity index is 933. The van der Waals surface area contributed by atoms with Gasteiger partial charge < -0.3 is 0 Å². The quantitative estimate of drug-likeness (QED) is 0.577. The Balaban J connectivity index is 1.77. The third-order valence-electron chi connectivity index (χ3n) is 3.78. The molecular formula is C18H16Cl2N4OS. The van der Waals surface area contributed by atoms with E-state index in [9.17, 15) is 4.79 Å². The van der Waals surface area contributed by atoms with Gasteiger partial charge in [-0.05, 0) is 30.7 Å². The third-order valence-corrected chi connectivity index (χ3v) is 5.28. The lowest BCUT2D eigenvalue weighted by atomic mass is 10.2. The van der Waals surface area contributed by atoms with E-state index < -0.39 is 0 Å². The highest BCUT2D eigenvalue weighted by atomic mass is 35.5. The molecule has 2 heterocycles. The number of carbonyl (C=O) groups is 1. The standard InChI is InChI=1S/C18H16Cl2N4OS/c1-12-15(7-8-16(25)23(2)18-21-9-10-26-18)17(20)24(22-12)11-13-3-5-14(19)6-4-13/h3-10H,11H2,1-2H3/b8-7+. The molecule has 0 unspecified atom stereocenters. The molecule has 134 valence electrons. The van der Waals surface area contributed by atoms with Crippen molar-refractivity contribution in [1.29, 1.82) is 0 Å². The molecule has 2 aromatic heterocycles. The minimum Gasteiger partial charge on any atom is -0.288 e. The third kappa shape index (κ3) is 4.15. The van der Waals surface area contributed by atoms with Crippen LogP contribution in [0.15, 0.2) is 41.9 Å². The molecule has 0 atom stereocenters. The predicted molar refractivity (Wildman–Crippen MR) is 107 cm³/mol. The monoisotopic (exact) mass is 406 g/mol. The minimum atomic E-state index is -0.180. The van der Waals surface area contributed by atoms with Crippen LogP contribution in [-0.2, 0) is 11.3 Å². The number of benzene rings is 1. The van der Waals surface area contributed by atoms with E-state index in [1.54, 1.807) is 24.0 Å². The Morgan fingerprint density at radius 3 is 2.69 bits per heavy atom. The highest BCUT2D eigenvalue weighted by Crippen LogP contribution is 2.23. The van der Waals surface area contributed by atoms with E-state index in [1.807, 2.05) is 36.6 Å². The largest absolute Gasteiger partial charge is 0.288 e. The van der Waals surface area contributed by atoms with Gasteiger partial charge in [0.2, 0.25) is 0 Å². The molecule has 0 radical (unpaired) electrons. The summed E-state index contributed by atoms with van der Waals surface area (Å²) in [6, 6.07) is 7.51. The van der Waals surface area contributed by atoms with E-state index in [1.165, 1.54) is 22.3 Å². The predicted octanol–water partition coefficient (Wildman–Crippen LogP) is 4.68. The van der Waals surface area contributed by atoms with Gasteiger partial charge in [-0.25, -0.2) is 9.67 Å². The number of rotatable bonds is 5. The second-order valence-corrected chi connectivity index (χ2v) is 7.29. The molecule has 3 aromatic rings. The van der Waals surface area contributed by atoms with Gasteiger partial charge in [-0.1, -0.05) is 35.3 Å². The Morgan fingerprint density at radius 1 is 1.31 bits per heavy atom. The molecule has 0 N–H and O–H groups in total. The normalized spacial score (nSPS) is 11.2. The molecule has 0 spiro atoms. The first-order chi connectivity index (χ1) is 12.5. The molecule has 1 aromatic carbocycles. The van der Waals surface area contributed by atoms with Gasteiger partial charge in [-0.3, -0.25) is 9.69 Å². The zero-order valence-electron chi connectivity index (χ0n) is 14.2. The molecule has 3 rings (SSSR count). The number of anilines is 1. The molecule has 0 aliphatic rings. The molecule has 0 aliphatic heterocycles. The Labute approximate surface area is 165 Å². The van der Waals surface area contributed by atoms with Crippen molar-refractivity contribution < 1.29 is 4.79 Å². The van der Waals surface area contributed by atoms with Gasteiger partial charge in [0.05, 0.1) is 12.2 Å². The molecule has 0 aliphatic carbocycles. The van der Waals surface area contributed by atoms with Crippen LogP contribution in [0.2, 0.25) is 10.2 Å². The molecule has 0 fully saturated rings. The maximum Gasteiger partial charge on any atom is 0.252 e. The highest BCUT2D eigenvalue weighted by molar-refractivity contribution is 7.13. The zero-order chi connectivity index (χ0) is 18.7. The number of nitrogens with zero attached hydrogens (tertiary/aromatic N) is 4. The second kappa shape index (κ2) is 8.03. The Kier molecular flexibility index (Phi) is 5.76. The minimum absolute atomic E-state index is 0.180. The van der Waals surface area contributed by atoms with Crippen molar-refractivity contribution in [3.05, 3.63) is 68.9 Å². The summed E-state index contributed by atoms with van der Waals surface area (Å²) in [6.07, 6.45) is 4.83. The fraction of sp³-hybridized carbons (Fsp3) is 0.167. The van der Waals surface area contributed by atoms with Gasteiger partial charge in [-0.15, -0.1) is 11.3 Å². The smallest absolute Gasteiger partial charge is 0.252 e. The van der Waals surface area contributed by atoms with Crippen LogP contribution in [0.3, 0.4) is 0 Å². The summed E-state index contributed by atoms with van der Waals surface area (Å²) in [5.74, 6) is -0.180. The summed E-state index contributed by atoms with van der Waals surface area (Å²) in [5.41, 5.74) is 2.51. The number of hydrogen-bond acceptors (Lipinski definition) is 4. The Morgan fingerprint density at radius 2 is 2.04 bits per heavy atom. The van der Waals surface area contributed by atoms with E-state index in [2.05, 4.69) is 10.1 Å². The number of hydrogen-bond donors (Lipinski definition) is 0.